The molecule has 1 atom stereocenters. The highest BCUT2D eigenvalue weighted by molar-refractivity contribution is 5.79. The van der Waals surface area contributed by atoms with Crippen molar-refractivity contribution in [1.29, 1.82) is 0 Å². The molecule has 0 spiro atoms. The van der Waals surface area contributed by atoms with Crippen LogP contribution in [-0.2, 0) is 9.53 Å². The summed E-state index contributed by atoms with van der Waals surface area (Å²) in [4.78, 5) is 13.3. The Morgan fingerprint density at radius 2 is 2.21 bits per heavy atom. The van der Waals surface area contributed by atoms with Crippen molar-refractivity contribution < 1.29 is 18.4 Å². The summed E-state index contributed by atoms with van der Waals surface area (Å²) in [6, 6.07) is 4.59. The summed E-state index contributed by atoms with van der Waals surface area (Å²) in [5.41, 5.74) is 1.46. The second kappa shape index (κ2) is 7.30. The maximum absolute atomic E-state index is 13.2. The predicted molar refractivity (Wildman–Crippen MR) is 88.2 cm³/mol. The van der Waals surface area contributed by atoms with Crippen molar-refractivity contribution in [3.8, 4) is 0 Å². The molecule has 1 saturated heterocycles. The number of likely N-dealkylation sites (tertiary alicyclic amines) is 1. The van der Waals surface area contributed by atoms with Gasteiger partial charge in [0.1, 0.15) is 5.82 Å². The minimum absolute atomic E-state index is 0.227. The number of piperidine rings is 1. The summed E-state index contributed by atoms with van der Waals surface area (Å²) in [6.45, 7) is 6.87. The Kier molecular flexibility index (Phi) is 5.14. The minimum Gasteiger partial charge on any atom is -0.466 e. The van der Waals surface area contributed by atoms with Gasteiger partial charge in [0, 0.05) is 36.8 Å². The molecule has 1 aromatic heterocycles. The number of benzene rings is 1. The van der Waals surface area contributed by atoms with Crippen molar-refractivity contribution >= 4 is 16.9 Å². The number of esters is 1. The molecule has 0 aliphatic carbocycles. The van der Waals surface area contributed by atoms with Crippen LogP contribution in [0.4, 0.5) is 4.39 Å². The molecule has 1 aliphatic rings. The summed E-state index contributed by atoms with van der Waals surface area (Å²) in [5.74, 6) is 0.134. The molecule has 2 aromatic rings. The fourth-order valence-corrected chi connectivity index (χ4v) is 3.37. The zero-order valence-corrected chi connectivity index (χ0v) is 14.1. The predicted octanol–water partition coefficient (Wildman–Crippen LogP) is 3.35. The van der Waals surface area contributed by atoms with Gasteiger partial charge >= 0.3 is 5.97 Å². The molecular weight excluding hydrogens is 311 g/mol. The largest absolute Gasteiger partial charge is 0.466 e. The van der Waals surface area contributed by atoms with Crippen molar-refractivity contribution in [2.45, 2.75) is 32.6 Å². The van der Waals surface area contributed by atoms with E-state index in [1.165, 1.54) is 19.1 Å². The van der Waals surface area contributed by atoms with E-state index >= 15 is 0 Å². The van der Waals surface area contributed by atoms with Gasteiger partial charge in [-0.2, -0.15) is 0 Å². The van der Waals surface area contributed by atoms with Crippen molar-refractivity contribution in [2.75, 3.05) is 26.2 Å². The molecule has 0 saturated carbocycles. The maximum Gasteiger partial charge on any atom is 0.302 e. The first-order chi connectivity index (χ1) is 11.5. The third-order valence-corrected chi connectivity index (χ3v) is 4.58. The van der Waals surface area contributed by atoms with Gasteiger partial charge in [-0.05, 0) is 38.1 Å². The van der Waals surface area contributed by atoms with E-state index in [1.54, 1.807) is 6.07 Å². The number of rotatable bonds is 5. The number of hydrogen-bond donors (Lipinski definition) is 0. The van der Waals surface area contributed by atoms with E-state index in [4.69, 9.17) is 9.26 Å². The molecule has 2 heterocycles. The number of carbonyl (C=O) groups is 1. The highest BCUT2D eigenvalue weighted by Crippen LogP contribution is 2.32. The van der Waals surface area contributed by atoms with Crippen LogP contribution in [0.3, 0.4) is 0 Å². The van der Waals surface area contributed by atoms with Gasteiger partial charge in [-0.15, -0.1) is 0 Å². The van der Waals surface area contributed by atoms with Crippen LogP contribution in [0.1, 0.15) is 38.3 Å². The monoisotopic (exact) mass is 334 g/mol. The standard InChI is InChI=1S/C18H23FN2O3/c1-12(11-23-13(2)22)10-21-7-5-14(6-8-21)18-16-4-3-15(19)9-17(16)24-20-18/h3-4,9,12,14H,5-8,10-11H2,1-2H3/t12-/m1/s1. The van der Waals surface area contributed by atoms with Crippen molar-refractivity contribution in [3.05, 3.63) is 29.7 Å². The van der Waals surface area contributed by atoms with Gasteiger partial charge in [0.25, 0.3) is 0 Å². The number of aromatic nitrogens is 1. The average molecular weight is 334 g/mol. The first kappa shape index (κ1) is 16.9. The van der Waals surface area contributed by atoms with E-state index < -0.39 is 0 Å². The number of ether oxygens (including phenoxy) is 1. The fourth-order valence-electron chi connectivity index (χ4n) is 3.37. The van der Waals surface area contributed by atoms with Crippen LogP contribution in [0.5, 0.6) is 0 Å². The Bertz CT molecular complexity index is 707. The molecule has 6 heteroatoms. The first-order valence-corrected chi connectivity index (χ1v) is 8.43. The van der Waals surface area contributed by atoms with E-state index in [9.17, 15) is 9.18 Å². The maximum atomic E-state index is 13.2. The van der Waals surface area contributed by atoms with Gasteiger partial charge in [0.05, 0.1) is 12.3 Å². The Morgan fingerprint density at radius 1 is 1.46 bits per heavy atom. The van der Waals surface area contributed by atoms with Crippen LogP contribution in [0.15, 0.2) is 22.7 Å². The average Bonchev–Trinajstić information content (AvgIpc) is 2.96. The molecule has 0 unspecified atom stereocenters. The SMILES string of the molecule is CC(=O)OC[C@H](C)CN1CCC(c2noc3cc(F)ccc23)CC1. The second-order valence-electron chi connectivity index (χ2n) is 6.69. The van der Waals surface area contributed by atoms with Crippen molar-refractivity contribution in [3.63, 3.8) is 0 Å². The number of carbonyl (C=O) groups excluding carboxylic acids is 1. The molecule has 130 valence electrons. The van der Waals surface area contributed by atoms with Gasteiger partial charge in [-0.25, -0.2) is 4.39 Å². The van der Waals surface area contributed by atoms with Crippen LogP contribution >= 0.6 is 0 Å². The molecule has 0 radical (unpaired) electrons. The molecule has 0 N–H and O–H groups in total. The lowest BCUT2D eigenvalue weighted by Crippen LogP contribution is -2.37. The van der Waals surface area contributed by atoms with Crippen LogP contribution in [0.2, 0.25) is 0 Å². The van der Waals surface area contributed by atoms with E-state index in [0.717, 1.165) is 43.6 Å². The lowest BCUT2D eigenvalue weighted by Gasteiger charge is -2.32. The highest BCUT2D eigenvalue weighted by Gasteiger charge is 2.25. The van der Waals surface area contributed by atoms with Gasteiger partial charge in [0.15, 0.2) is 5.58 Å². The molecular formula is C18H23FN2O3. The molecule has 1 fully saturated rings. The number of hydrogen-bond acceptors (Lipinski definition) is 5. The first-order valence-electron chi connectivity index (χ1n) is 8.43. The summed E-state index contributed by atoms with van der Waals surface area (Å²) in [7, 11) is 0. The molecule has 3 rings (SSSR count). The zero-order valence-electron chi connectivity index (χ0n) is 14.1. The van der Waals surface area contributed by atoms with Gasteiger partial charge in [-0.1, -0.05) is 12.1 Å². The topological polar surface area (TPSA) is 55.6 Å². The highest BCUT2D eigenvalue weighted by atomic mass is 19.1. The molecule has 1 aromatic carbocycles. The van der Waals surface area contributed by atoms with Crippen LogP contribution < -0.4 is 0 Å². The van der Waals surface area contributed by atoms with Gasteiger partial charge in [-0.3, -0.25) is 4.79 Å². The van der Waals surface area contributed by atoms with Crippen LogP contribution in [-0.4, -0.2) is 42.3 Å². The van der Waals surface area contributed by atoms with E-state index in [2.05, 4.69) is 17.0 Å². The molecule has 1 aliphatic heterocycles. The quantitative estimate of drug-likeness (QED) is 0.785. The molecule has 5 nitrogen and oxygen atoms in total. The van der Waals surface area contributed by atoms with E-state index in [0.29, 0.717) is 24.0 Å². The summed E-state index contributed by atoms with van der Waals surface area (Å²) in [5, 5.41) is 5.09. The fraction of sp³-hybridized carbons (Fsp3) is 0.556. The number of fused-ring (bicyclic) bond motifs is 1. The van der Waals surface area contributed by atoms with E-state index in [1.807, 2.05) is 0 Å². The van der Waals surface area contributed by atoms with Gasteiger partial charge < -0.3 is 14.2 Å². The normalized spacial score (nSPS) is 18.0. The smallest absolute Gasteiger partial charge is 0.302 e. The molecule has 0 bridgehead atoms. The third-order valence-electron chi connectivity index (χ3n) is 4.58. The Balaban J connectivity index is 1.55. The molecule has 24 heavy (non-hydrogen) atoms. The summed E-state index contributed by atoms with van der Waals surface area (Å²) < 4.78 is 23.6. The van der Waals surface area contributed by atoms with Crippen molar-refractivity contribution in [2.24, 2.45) is 5.92 Å². The second-order valence-corrected chi connectivity index (χ2v) is 6.69. The summed E-state index contributed by atoms with van der Waals surface area (Å²) in [6.07, 6.45) is 2.00. The van der Waals surface area contributed by atoms with Crippen LogP contribution in [0, 0.1) is 11.7 Å². The zero-order chi connectivity index (χ0) is 17.1. The van der Waals surface area contributed by atoms with E-state index in [-0.39, 0.29) is 11.8 Å². The summed E-state index contributed by atoms with van der Waals surface area (Å²) >= 11 is 0. The minimum atomic E-state index is -0.304. The molecule has 0 amide bonds. The lowest BCUT2D eigenvalue weighted by atomic mass is 9.91. The Hall–Kier alpha value is -1.95. The van der Waals surface area contributed by atoms with Crippen LogP contribution in [0.25, 0.3) is 11.0 Å². The third kappa shape index (κ3) is 3.93. The van der Waals surface area contributed by atoms with Crippen molar-refractivity contribution in [1.82, 2.24) is 10.1 Å². The number of nitrogens with zero attached hydrogens (tertiary/aromatic N) is 2. The Morgan fingerprint density at radius 3 is 2.92 bits per heavy atom. The van der Waals surface area contributed by atoms with Gasteiger partial charge in [0.2, 0.25) is 0 Å². The number of halogens is 1. The lowest BCUT2D eigenvalue weighted by molar-refractivity contribution is -0.142. The Labute approximate surface area is 140 Å².